The lowest BCUT2D eigenvalue weighted by molar-refractivity contribution is -0.384. The van der Waals surface area contributed by atoms with Crippen LogP contribution >= 0.6 is 11.6 Å². The van der Waals surface area contributed by atoms with Gasteiger partial charge in [0.2, 0.25) is 12.7 Å². The predicted molar refractivity (Wildman–Crippen MR) is 91.6 cm³/mol. The monoisotopic (exact) mass is 360 g/mol. The number of hydrogen-bond acceptors (Lipinski definition) is 5. The normalized spacial score (nSPS) is 12.4. The zero-order valence-electron chi connectivity index (χ0n) is 12.9. The van der Waals surface area contributed by atoms with E-state index in [0.29, 0.717) is 22.1 Å². The Morgan fingerprint density at radius 2 is 2.04 bits per heavy atom. The maximum Gasteiger partial charge on any atom is 0.269 e. The maximum atomic E-state index is 11.9. The Labute approximate surface area is 148 Å². The van der Waals surface area contributed by atoms with Gasteiger partial charge in [-0.1, -0.05) is 23.7 Å². The van der Waals surface area contributed by atoms with Gasteiger partial charge in [0.05, 0.1) is 9.95 Å². The predicted octanol–water partition coefficient (Wildman–Crippen LogP) is 3.31. The molecule has 128 valence electrons. The van der Waals surface area contributed by atoms with E-state index in [1.54, 1.807) is 30.3 Å². The molecule has 8 heteroatoms. The summed E-state index contributed by atoms with van der Waals surface area (Å²) >= 11 is 6.08. The lowest BCUT2D eigenvalue weighted by atomic mass is 10.2. The number of carbonyl (C=O) groups excluding carboxylic acids is 1. The van der Waals surface area contributed by atoms with Crippen LogP contribution in [0.4, 0.5) is 5.69 Å². The quantitative estimate of drug-likeness (QED) is 0.502. The highest BCUT2D eigenvalue weighted by molar-refractivity contribution is 6.32. The first-order chi connectivity index (χ1) is 12.0. The molecule has 0 radical (unpaired) electrons. The molecule has 25 heavy (non-hydrogen) atoms. The molecular weight excluding hydrogens is 348 g/mol. The summed E-state index contributed by atoms with van der Waals surface area (Å²) in [4.78, 5) is 22.0. The van der Waals surface area contributed by atoms with Gasteiger partial charge in [0.25, 0.3) is 5.69 Å². The number of nitrogens with zero attached hydrogens (tertiary/aromatic N) is 1. The zero-order valence-corrected chi connectivity index (χ0v) is 13.7. The van der Waals surface area contributed by atoms with E-state index in [1.807, 2.05) is 0 Å². The number of nitro groups is 1. The maximum absolute atomic E-state index is 11.9. The van der Waals surface area contributed by atoms with Crippen LogP contribution in [0.2, 0.25) is 5.02 Å². The van der Waals surface area contributed by atoms with Crippen LogP contribution < -0.4 is 14.8 Å². The van der Waals surface area contributed by atoms with Crippen molar-refractivity contribution in [2.45, 2.75) is 6.54 Å². The molecule has 7 nitrogen and oxygen atoms in total. The first-order valence-electron chi connectivity index (χ1n) is 7.31. The number of benzene rings is 2. The van der Waals surface area contributed by atoms with Crippen molar-refractivity contribution < 1.29 is 19.2 Å². The number of fused-ring (bicyclic) bond motifs is 1. The molecule has 2 aromatic rings. The van der Waals surface area contributed by atoms with Gasteiger partial charge in [-0.2, -0.15) is 0 Å². The second-order valence-corrected chi connectivity index (χ2v) is 5.62. The molecule has 0 fully saturated rings. The number of nitrogens with one attached hydrogen (secondary N) is 1. The van der Waals surface area contributed by atoms with Crippen molar-refractivity contribution >= 4 is 29.3 Å². The molecule has 1 heterocycles. The third-order valence-corrected chi connectivity index (χ3v) is 3.77. The van der Waals surface area contributed by atoms with Crippen molar-refractivity contribution in [2.24, 2.45) is 0 Å². The highest BCUT2D eigenvalue weighted by atomic mass is 35.5. The first-order valence-corrected chi connectivity index (χ1v) is 7.69. The van der Waals surface area contributed by atoms with Crippen LogP contribution in [0.25, 0.3) is 6.08 Å². The average Bonchev–Trinajstić information content (AvgIpc) is 3.07. The van der Waals surface area contributed by atoms with Crippen LogP contribution in [-0.2, 0) is 11.3 Å². The smallest absolute Gasteiger partial charge is 0.269 e. The van der Waals surface area contributed by atoms with Gasteiger partial charge in [0.1, 0.15) is 0 Å². The van der Waals surface area contributed by atoms with Gasteiger partial charge < -0.3 is 14.8 Å². The van der Waals surface area contributed by atoms with Crippen molar-refractivity contribution in [3.05, 3.63) is 68.7 Å². The fourth-order valence-electron chi connectivity index (χ4n) is 2.24. The summed E-state index contributed by atoms with van der Waals surface area (Å²) in [6.07, 6.45) is 2.98. The largest absolute Gasteiger partial charge is 0.454 e. The molecule has 0 spiro atoms. The first kappa shape index (κ1) is 16.8. The molecule has 0 aromatic heterocycles. The lowest BCUT2D eigenvalue weighted by Crippen LogP contribution is -2.20. The van der Waals surface area contributed by atoms with E-state index < -0.39 is 4.92 Å². The van der Waals surface area contributed by atoms with E-state index in [-0.39, 0.29) is 24.9 Å². The van der Waals surface area contributed by atoms with Crippen LogP contribution in [0.15, 0.2) is 42.5 Å². The van der Waals surface area contributed by atoms with Crippen molar-refractivity contribution in [2.75, 3.05) is 6.79 Å². The van der Waals surface area contributed by atoms with E-state index >= 15 is 0 Å². The van der Waals surface area contributed by atoms with Gasteiger partial charge in [0, 0.05) is 24.8 Å². The van der Waals surface area contributed by atoms with Crippen LogP contribution in [0, 0.1) is 10.1 Å². The van der Waals surface area contributed by atoms with Gasteiger partial charge in [-0.15, -0.1) is 0 Å². The minimum atomic E-state index is -0.471. The molecule has 3 rings (SSSR count). The standard InChI is InChI=1S/C17H13ClN2O5/c18-14-7-12(8-15-17(14)25-10-24-15)3-6-16(21)19-9-11-1-4-13(5-2-11)20(22)23/h1-8H,9-10H2,(H,19,21). The Kier molecular flexibility index (Phi) is 4.85. The van der Waals surface area contributed by atoms with E-state index in [9.17, 15) is 14.9 Å². The summed E-state index contributed by atoms with van der Waals surface area (Å²) in [5.74, 6) is 0.743. The summed E-state index contributed by atoms with van der Waals surface area (Å²) in [6, 6.07) is 9.39. The number of non-ortho nitro benzene ring substituents is 1. The number of rotatable bonds is 5. The third kappa shape index (κ3) is 4.07. The van der Waals surface area contributed by atoms with Gasteiger partial charge in [-0.05, 0) is 29.3 Å². The Morgan fingerprint density at radius 3 is 2.76 bits per heavy atom. The molecule has 1 aliphatic rings. The van der Waals surface area contributed by atoms with Gasteiger partial charge >= 0.3 is 0 Å². The Bertz CT molecular complexity index is 849. The molecule has 1 N–H and O–H groups in total. The molecule has 0 saturated heterocycles. The molecule has 0 atom stereocenters. The minimum absolute atomic E-state index is 0.00894. The Hall–Kier alpha value is -3.06. The number of ether oxygens (including phenoxy) is 2. The third-order valence-electron chi connectivity index (χ3n) is 3.49. The number of carbonyl (C=O) groups is 1. The molecule has 0 bridgehead atoms. The second-order valence-electron chi connectivity index (χ2n) is 5.21. The number of nitro benzene ring substituents is 1. The number of amides is 1. The lowest BCUT2D eigenvalue weighted by Gasteiger charge is -2.03. The van der Waals surface area contributed by atoms with Gasteiger partial charge in [0.15, 0.2) is 11.5 Å². The zero-order chi connectivity index (χ0) is 17.8. The van der Waals surface area contributed by atoms with Crippen LogP contribution in [0.1, 0.15) is 11.1 Å². The van der Waals surface area contributed by atoms with Gasteiger partial charge in [-0.3, -0.25) is 14.9 Å². The van der Waals surface area contributed by atoms with Crippen LogP contribution in [0.5, 0.6) is 11.5 Å². The summed E-state index contributed by atoms with van der Waals surface area (Å²) in [7, 11) is 0. The molecule has 2 aromatic carbocycles. The summed E-state index contributed by atoms with van der Waals surface area (Å²) in [5.41, 5.74) is 1.48. The van der Waals surface area contributed by atoms with E-state index in [4.69, 9.17) is 21.1 Å². The minimum Gasteiger partial charge on any atom is -0.454 e. The second kappa shape index (κ2) is 7.23. The van der Waals surface area contributed by atoms with E-state index in [2.05, 4.69) is 5.32 Å². The summed E-state index contributed by atoms with van der Waals surface area (Å²) < 4.78 is 10.5. The van der Waals surface area contributed by atoms with E-state index in [1.165, 1.54) is 18.2 Å². The van der Waals surface area contributed by atoms with Crippen LogP contribution in [0.3, 0.4) is 0 Å². The number of hydrogen-bond donors (Lipinski definition) is 1. The fourth-order valence-corrected chi connectivity index (χ4v) is 2.51. The Balaban J connectivity index is 1.58. The van der Waals surface area contributed by atoms with Crippen molar-refractivity contribution in [1.82, 2.24) is 5.32 Å². The molecule has 0 aliphatic carbocycles. The SMILES string of the molecule is O=C(C=Cc1cc(Cl)c2c(c1)OCO2)NCc1ccc([N+](=O)[O-])cc1. The van der Waals surface area contributed by atoms with Gasteiger partial charge in [-0.25, -0.2) is 0 Å². The van der Waals surface area contributed by atoms with E-state index in [0.717, 1.165) is 5.56 Å². The highest BCUT2D eigenvalue weighted by Gasteiger charge is 2.17. The highest BCUT2D eigenvalue weighted by Crippen LogP contribution is 2.40. The molecule has 0 saturated carbocycles. The molecular formula is C17H13ClN2O5. The molecule has 1 aliphatic heterocycles. The topological polar surface area (TPSA) is 90.7 Å². The molecule has 1 amide bonds. The fraction of sp³-hybridized carbons (Fsp3) is 0.118. The molecule has 0 unspecified atom stereocenters. The average molecular weight is 361 g/mol. The Morgan fingerprint density at radius 1 is 1.28 bits per heavy atom. The van der Waals surface area contributed by atoms with Crippen molar-refractivity contribution in [3.8, 4) is 11.5 Å². The van der Waals surface area contributed by atoms with Crippen LogP contribution in [-0.4, -0.2) is 17.6 Å². The summed E-state index contributed by atoms with van der Waals surface area (Å²) in [5, 5.41) is 13.7. The number of halogens is 1. The van der Waals surface area contributed by atoms with Crippen molar-refractivity contribution in [3.63, 3.8) is 0 Å². The van der Waals surface area contributed by atoms with Crippen molar-refractivity contribution in [1.29, 1.82) is 0 Å². The summed E-state index contributed by atoms with van der Waals surface area (Å²) in [6.45, 7) is 0.390.